The molecule has 0 aliphatic rings. The molecule has 0 atom stereocenters. The Kier molecular flexibility index (Phi) is 22.4. The minimum Gasteiger partial charge on any atom is -0.370 e. The van der Waals surface area contributed by atoms with Crippen LogP contribution in [0, 0.1) is 0 Å². The number of nitrogens with two attached hydrogens (primary N) is 1. The minimum atomic E-state index is -0.161. The summed E-state index contributed by atoms with van der Waals surface area (Å²) < 4.78 is 0. The van der Waals surface area contributed by atoms with Crippen molar-refractivity contribution >= 4 is 17.5 Å². The highest BCUT2D eigenvalue weighted by molar-refractivity contribution is 5.90. The molecule has 2 amide bonds. The second kappa shape index (κ2) is 23.8. The van der Waals surface area contributed by atoms with Gasteiger partial charge in [0, 0.05) is 18.5 Å². The van der Waals surface area contributed by atoms with Crippen molar-refractivity contribution in [3.8, 4) is 0 Å². The van der Waals surface area contributed by atoms with E-state index in [9.17, 15) is 9.59 Å². The fourth-order valence-electron chi connectivity index (χ4n) is 3.60. The molecule has 0 aromatic heterocycles. The third kappa shape index (κ3) is 22.8. The molecular weight excluding hydrogens is 396 g/mol. The molecule has 1 aromatic carbocycles. The molecule has 4 heteroatoms. The van der Waals surface area contributed by atoms with Crippen LogP contribution in [0.4, 0.5) is 5.69 Å². The number of para-hydroxylation sites is 1. The summed E-state index contributed by atoms with van der Waals surface area (Å²) in [5.41, 5.74) is 5.93. The zero-order valence-corrected chi connectivity index (χ0v) is 21.0. The Morgan fingerprint density at radius 3 is 1.47 bits per heavy atom. The van der Waals surface area contributed by atoms with Crippen LogP contribution in [0.5, 0.6) is 0 Å². The highest BCUT2D eigenvalue weighted by atomic mass is 16.1. The molecule has 1 rings (SSSR count). The number of amides is 2. The Labute approximate surface area is 198 Å². The lowest BCUT2D eigenvalue weighted by molar-refractivity contribution is -0.118. The van der Waals surface area contributed by atoms with Gasteiger partial charge in [-0.15, -0.1) is 0 Å². The fraction of sp³-hybridized carbons (Fsp3) is 0.714. The van der Waals surface area contributed by atoms with Crippen molar-refractivity contribution in [2.24, 2.45) is 5.73 Å². The van der Waals surface area contributed by atoms with Gasteiger partial charge in [-0.3, -0.25) is 9.59 Å². The zero-order valence-electron chi connectivity index (χ0n) is 21.0. The summed E-state index contributed by atoms with van der Waals surface area (Å²) in [6.07, 6.45) is 21.5. The molecule has 0 saturated heterocycles. The molecule has 0 aliphatic carbocycles. The van der Waals surface area contributed by atoms with Crippen molar-refractivity contribution in [1.29, 1.82) is 0 Å². The van der Waals surface area contributed by atoms with Crippen LogP contribution in [0.15, 0.2) is 30.3 Å². The van der Waals surface area contributed by atoms with E-state index in [0.717, 1.165) is 24.9 Å². The van der Waals surface area contributed by atoms with Crippen molar-refractivity contribution in [3.05, 3.63) is 30.3 Å². The maximum atomic E-state index is 11.7. The first-order valence-electron chi connectivity index (χ1n) is 13.2. The first-order chi connectivity index (χ1) is 15.6. The van der Waals surface area contributed by atoms with E-state index >= 15 is 0 Å². The van der Waals surface area contributed by atoms with E-state index in [1.165, 1.54) is 83.5 Å². The van der Waals surface area contributed by atoms with E-state index in [1.54, 1.807) is 0 Å². The number of nitrogens with one attached hydrogen (secondary N) is 1. The number of rotatable bonds is 19. The third-order valence-electron chi connectivity index (χ3n) is 5.59. The molecule has 0 saturated carbocycles. The first kappa shape index (κ1) is 30.2. The summed E-state index contributed by atoms with van der Waals surface area (Å²) >= 11 is 0. The lowest BCUT2D eigenvalue weighted by atomic mass is 10.1. The van der Waals surface area contributed by atoms with Gasteiger partial charge in [-0.1, -0.05) is 122 Å². The van der Waals surface area contributed by atoms with Gasteiger partial charge in [-0.05, 0) is 25.0 Å². The van der Waals surface area contributed by atoms with E-state index in [0.29, 0.717) is 12.8 Å². The summed E-state index contributed by atoms with van der Waals surface area (Å²) in [6.45, 7) is 4.47. The topological polar surface area (TPSA) is 72.2 Å². The van der Waals surface area contributed by atoms with Crippen LogP contribution >= 0.6 is 0 Å². The van der Waals surface area contributed by atoms with Crippen molar-refractivity contribution in [3.63, 3.8) is 0 Å². The molecule has 0 spiro atoms. The Balaban J connectivity index is 0.000000649. The summed E-state index contributed by atoms with van der Waals surface area (Å²) in [4.78, 5) is 22.1. The standard InChI is InChI=1S/C17H27NO.C11H23NO/c1-2-3-4-5-6-7-8-12-15-17(19)18-16-13-10-9-11-14-16;1-2-3-4-5-6-7-8-9-10-11(12)13/h9-11,13-14H,2-8,12,15H2,1H3,(H,18,19);2-10H2,1H3,(H2,12,13). The summed E-state index contributed by atoms with van der Waals surface area (Å²) in [5, 5.41) is 2.92. The maximum Gasteiger partial charge on any atom is 0.224 e. The van der Waals surface area contributed by atoms with Gasteiger partial charge >= 0.3 is 0 Å². The number of anilines is 1. The van der Waals surface area contributed by atoms with Crippen LogP contribution in [0.2, 0.25) is 0 Å². The molecule has 184 valence electrons. The van der Waals surface area contributed by atoms with E-state index < -0.39 is 0 Å². The molecular formula is C28H50N2O2. The molecule has 0 bridgehead atoms. The van der Waals surface area contributed by atoms with Gasteiger partial charge in [0.2, 0.25) is 11.8 Å². The Bertz CT molecular complexity index is 546. The smallest absolute Gasteiger partial charge is 0.224 e. The van der Waals surface area contributed by atoms with Crippen LogP contribution in [-0.4, -0.2) is 11.8 Å². The van der Waals surface area contributed by atoms with Gasteiger partial charge in [0.25, 0.3) is 0 Å². The average Bonchev–Trinajstić information content (AvgIpc) is 2.78. The molecule has 0 heterocycles. The predicted octanol–water partition coefficient (Wildman–Crippen LogP) is 8.16. The lowest BCUT2D eigenvalue weighted by Gasteiger charge is -2.05. The molecule has 0 unspecified atom stereocenters. The van der Waals surface area contributed by atoms with Crippen molar-refractivity contribution in [2.75, 3.05) is 5.32 Å². The van der Waals surface area contributed by atoms with Gasteiger partial charge in [0.15, 0.2) is 0 Å². The van der Waals surface area contributed by atoms with Crippen LogP contribution in [-0.2, 0) is 9.59 Å². The number of unbranched alkanes of at least 4 members (excludes halogenated alkanes) is 14. The van der Waals surface area contributed by atoms with Gasteiger partial charge in [0.1, 0.15) is 0 Å². The van der Waals surface area contributed by atoms with Gasteiger partial charge < -0.3 is 11.1 Å². The van der Waals surface area contributed by atoms with E-state index in [-0.39, 0.29) is 11.8 Å². The van der Waals surface area contributed by atoms with E-state index in [2.05, 4.69) is 19.2 Å². The highest BCUT2D eigenvalue weighted by Crippen LogP contribution is 2.11. The number of primary amides is 1. The second-order valence-corrected chi connectivity index (χ2v) is 8.83. The number of carbonyl (C=O) groups is 2. The molecule has 4 nitrogen and oxygen atoms in total. The number of benzene rings is 1. The van der Waals surface area contributed by atoms with Crippen molar-refractivity contribution in [1.82, 2.24) is 0 Å². The first-order valence-corrected chi connectivity index (χ1v) is 13.2. The Hall–Kier alpha value is -1.84. The lowest BCUT2D eigenvalue weighted by Crippen LogP contribution is -2.10. The molecule has 0 aliphatic heterocycles. The van der Waals surface area contributed by atoms with E-state index in [4.69, 9.17) is 5.73 Å². The third-order valence-corrected chi connectivity index (χ3v) is 5.59. The minimum absolute atomic E-state index is 0.136. The average molecular weight is 447 g/mol. The maximum absolute atomic E-state index is 11.7. The molecule has 32 heavy (non-hydrogen) atoms. The second-order valence-electron chi connectivity index (χ2n) is 8.83. The van der Waals surface area contributed by atoms with Gasteiger partial charge in [-0.2, -0.15) is 0 Å². The van der Waals surface area contributed by atoms with Crippen LogP contribution < -0.4 is 11.1 Å². The number of hydrogen-bond acceptors (Lipinski definition) is 2. The summed E-state index contributed by atoms with van der Waals surface area (Å²) in [6, 6.07) is 9.67. The molecule has 1 aromatic rings. The van der Waals surface area contributed by atoms with Crippen LogP contribution in [0.3, 0.4) is 0 Å². The van der Waals surface area contributed by atoms with E-state index in [1.807, 2.05) is 30.3 Å². The SMILES string of the molecule is CCCCCCCCCCC(=O)Nc1ccccc1.CCCCCCCCCCC(N)=O. The monoisotopic (exact) mass is 446 g/mol. The molecule has 0 radical (unpaired) electrons. The zero-order chi connectivity index (χ0) is 23.7. The quantitative estimate of drug-likeness (QED) is 0.210. The predicted molar refractivity (Wildman–Crippen MR) is 139 cm³/mol. The Morgan fingerprint density at radius 2 is 1.03 bits per heavy atom. The summed E-state index contributed by atoms with van der Waals surface area (Å²) in [5.74, 6) is -0.0248. The number of carbonyl (C=O) groups excluding carboxylic acids is 2. The van der Waals surface area contributed by atoms with Crippen molar-refractivity contribution < 1.29 is 9.59 Å². The Morgan fingerprint density at radius 1 is 0.625 bits per heavy atom. The normalized spacial score (nSPS) is 10.3. The van der Waals surface area contributed by atoms with Crippen molar-refractivity contribution in [2.45, 2.75) is 129 Å². The van der Waals surface area contributed by atoms with Crippen LogP contribution in [0.1, 0.15) is 129 Å². The molecule has 0 fully saturated rings. The van der Waals surface area contributed by atoms with Crippen LogP contribution in [0.25, 0.3) is 0 Å². The summed E-state index contributed by atoms with van der Waals surface area (Å²) in [7, 11) is 0. The molecule has 3 N–H and O–H groups in total. The fourth-order valence-corrected chi connectivity index (χ4v) is 3.60. The van der Waals surface area contributed by atoms with Gasteiger partial charge in [-0.25, -0.2) is 0 Å². The number of hydrogen-bond donors (Lipinski definition) is 2. The largest absolute Gasteiger partial charge is 0.370 e. The highest BCUT2D eigenvalue weighted by Gasteiger charge is 2.01. The van der Waals surface area contributed by atoms with Gasteiger partial charge in [0.05, 0.1) is 0 Å².